The molecule has 0 bridgehead atoms. The average Bonchev–Trinajstić information content (AvgIpc) is 2.56. The fourth-order valence-corrected chi connectivity index (χ4v) is 2.34. The van der Waals surface area contributed by atoms with Gasteiger partial charge in [0.2, 0.25) is 0 Å². The Labute approximate surface area is 94.0 Å². The Morgan fingerprint density at radius 2 is 2.27 bits per heavy atom. The topological polar surface area (TPSA) is 58.9 Å². The van der Waals surface area contributed by atoms with Crippen LogP contribution in [0.4, 0.5) is 0 Å². The van der Waals surface area contributed by atoms with Crippen molar-refractivity contribution in [1.29, 1.82) is 0 Å². The van der Waals surface area contributed by atoms with Crippen molar-refractivity contribution in [2.75, 3.05) is 0 Å². The van der Waals surface area contributed by atoms with Gasteiger partial charge in [0.1, 0.15) is 0 Å². The van der Waals surface area contributed by atoms with Gasteiger partial charge in [-0.3, -0.25) is 4.79 Å². The van der Waals surface area contributed by atoms with Crippen molar-refractivity contribution in [2.45, 2.75) is 39.0 Å². The monoisotopic (exact) mass is 226 g/mol. The van der Waals surface area contributed by atoms with Gasteiger partial charge in [-0.25, -0.2) is 0 Å². The van der Waals surface area contributed by atoms with Crippen molar-refractivity contribution < 1.29 is 0 Å². The Morgan fingerprint density at radius 3 is 2.93 bits per heavy atom. The van der Waals surface area contributed by atoms with Crippen molar-refractivity contribution in [1.82, 2.24) is 4.98 Å². The van der Waals surface area contributed by atoms with Gasteiger partial charge in [-0.2, -0.15) is 0 Å². The van der Waals surface area contributed by atoms with E-state index in [0.717, 1.165) is 29.8 Å². The zero-order valence-electron chi connectivity index (χ0n) is 9.08. The molecule has 0 aliphatic carbocycles. The van der Waals surface area contributed by atoms with Crippen LogP contribution in [0.5, 0.6) is 0 Å². The highest BCUT2D eigenvalue weighted by atomic mass is 32.1. The molecule has 0 saturated heterocycles. The van der Waals surface area contributed by atoms with Gasteiger partial charge in [-0.1, -0.05) is 37.2 Å². The van der Waals surface area contributed by atoms with Crippen molar-refractivity contribution >= 4 is 11.3 Å². The SMILES string of the molecule is CCCCCc1[nH]c(=O)sc1CC=CN. The molecule has 15 heavy (non-hydrogen) atoms. The highest BCUT2D eigenvalue weighted by Gasteiger charge is 2.05. The summed E-state index contributed by atoms with van der Waals surface area (Å²) in [5.74, 6) is 0. The molecule has 0 fully saturated rings. The molecule has 1 heterocycles. The van der Waals surface area contributed by atoms with Crippen LogP contribution < -0.4 is 10.6 Å². The standard InChI is InChI=1S/C11H18N2OS/c1-2-3-4-6-9-10(7-5-8-12)15-11(14)13-9/h5,8H,2-4,6-7,12H2,1H3,(H,13,14). The van der Waals surface area contributed by atoms with Crippen molar-refractivity contribution in [3.63, 3.8) is 0 Å². The number of unbranched alkanes of at least 4 members (excludes halogenated alkanes) is 2. The van der Waals surface area contributed by atoms with E-state index < -0.39 is 0 Å². The predicted octanol–water partition coefficient (Wildman–Crippen LogP) is 2.18. The summed E-state index contributed by atoms with van der Waals surface area (Å²) in [4.78, 5) is 15.3. The fourth-order valence-electron chi connectivity index (χ4n) is 1.49. The first-order chi connectivity index (χ1) is 7.27. The number of hydrogen-bond acceptors (Lipinski definition) is 3. The summed E-state index contributed by atoms with van der Waals surface area (Å²) in [5.41, 5.74) is 6.38. The van der Waals surface area contributed by atoms with E-state index in [1.165, 1.54) is 30.4 Å². The maximum Gasteiger partial charge on any atom is 0.304 e. The first-order valence-electron chi connectivity index (χ1n) is 5.35. The number of nitrogens with one attached hydrogen (secondary N) is 1. The Balaban J connectivity index is 2.63. The van der Waals surface area contributed by atoms with Gasteiger partial charge in [0.15, 0.2) is 0 Å². The van der Waals surface area contributed by atoms with E-state index in [9.17, 15) is 4.79 Å². The molecule has 84 valence electrons. The van der Waals surface area contributed by atoms with Gasteiger partial charge < -0.3 is 10.7 Å². The summed E-state index contributed by atoms with van der Waals surface area (Å²) in [6.45, 7) is 2.18. The molecular weight excluding hydrogens is 208 g/mol. The largest absolute Gasteiger partial charge is 0.405 e. The second-order valence-electron chi connectivity index (χ2n) is 3.51. The summed E-state index contributed by atoms with van der Waals surface area (Å²) >= 11 is 1.29. The minimum atomic E-state index is 0.0434. The molecule has 1 aromatic heterocycles. The van der Waals surface area contributed by atoms with Gasteiger partial charge in [-0.05, 0) is 19.0 Å². The number of aromatic nitrogens is 1. The molecule has 0 spiro atoms. The quantitative estimate of drug-likeness (QED) is 0.730. The van der Waals surface area contributed by atoms with Crippen molar-refractivity contribution in [3.8, 4) is 0 Å². The maximum atomic E-state index is 11.2. The number of rotatable bonds is 6. The van der Waals surface area contributed by atoms with Crippen LogP contribution in [0.25, 0.3) is 0 Å². The summed E-state index contributed by atoms with van der Waals surface area (Å²) in [7, 11) is 0. The van der Waals surface area contributed by atoms with E-state index in [1.807, 2.05) is 6.08 Å². The third-order valence-electron chi connectivity index (χ3n) is 2.28. The van der Waals surface area contributed by atoms with Crippen LogP contribution in [0.15, 0.2) is 17.1 Å². The second kappa shape index (κ2) is 6.45. The summed E-state index contributed by atoms with van der Waals surface area (Å²) in [5, 5.41) is 0. The lowest BCUT2D eigenvalue weighted by Gasteiger charge is -1.99. The lowest BCUT2D eigenvalue weighted by atomic mass is 10.1. The molecule has 0 aliphatic rings. The van der Waals surface area contributed by atoms with Crippen LogP contribution in [-0.4, -0.2) is 4.98 Å². The minimum absolute atomic E-state index is 0.0434. The van der Waals surface area contributed by atoms with Crippen molar-refractivity contribution in [2.24, 2.45) is 5.73 Å². The summed E-state index contributed by atoms with van der Waals surface area (Å²) in [6.07, 6.45) is 8.70. The first kappa shape index (κ1) is 12.0. The van der Waals surface area contributed by atoms with Crippen LogP contribution in [0.3, 0.4) is 0 Å². The lowest BCUT2D eigenvalue weighted by Crippen LogP contribution is -1.96. The lowest BCUT2D eigenvalue weighted by molar-refractivity contribution is 0.706. The van der Waals surface area contributed by atoms with Gasteiger partial charge >= 0.3 is 4.87 Å². The van der Waals surface area contributed by atoms with E-state index in [1.54, 1.807) is 0 Å². The molecule has 0 aliphatic heterocycles. The Morgan fingerprint density at radius 1 is 1.47 bits per heavy atom. The van der Waals surface area contributed by atoms with E-state index in [2.05, 4.69) is 11.9 Å². The summed E-state index contributed by atoms with van der Waals surface area (Å²) in [6, 6.07) is 0. The zero-order chi connectivity index (χ0) is 11.1. The van der Waals surface area contributed by atoms with Gasteiger partial charge in [0, 0.05) is 17.0 Å². The molecule has 1 aromatic rings. The maximum absolute atomic E-state index is 11.2. The normalized spacial score (nSPS) is 11.3. The van der Waals surface area contributed by atoms with E-state index in [0.29, 0.717) is 0 Å². The van der Waals surface area contributed by atoms with E-state index >= 15 is 0 Å². The van der Waals surface area contributed by atoms with Gasteiger partial charge in [0.25, 0.3) is 0 Å². The fraction of sp³-hybridized carbons (Fsp3) is 0.545. The van der Waals surface area contributed by atoms with Crippen LogP contribution in [-0.2, 0) is 12.8 Å². The zero-order valence-corrected chi connectivity index (χ0v) is 9.90. The Kier molecular flexibility index (Phi) is 5.18. The molecule has 0 atom stereocenters. The number of aromatic amines is 1. The van der Waals surface area contributed by atoms with Gasteiger partial charge in [0.05, 0.1) is 0 Å². The summed E-state index contributed by atoms with van der Waals surface area (Å²) < 4.78 is 0. The number of thiazole rings is 1. The third-order valence-corrected chi connectivity index (χ3v) is 3.22. The average molecular weight is 226 g/mol. The van der Waals surface area contributed by atoms with Crippen LogP contribution in [0.1, 0.15) is 36.8 Å². The molecule has 4 heteroatoms. The number of allylic oxidation sites excluding steroid dienone is 1. The molecular formula is C11H18N2OS. The molecule has 1 rings (SSSR count). The predicted molar refractivity (Wildman–Crippen MR) is 65.2 cm³/mol. The molecule has 3 nitrogen and oxygen atoms in total. The molecule has 3 N–H and O–H groups in total. The Hall–Kier alpha value is -1.03. The number of H-pyrrole nitrogens is 1. The number of nitrogens with two attached hydrogens (primary N) is 1. The third kappa shape index (κ3) is 3.91. The molecule has 0 unspecified atom stereocenters. The number of hydrogen-bond donors (Lipinski definition) is 2. The first-order valence-corrected chi connectivity index (χ1v) is 6.17. The second-order valence-corrected chi connectivity index (χ2v) is 4.57. The molecule has 0 aromatic carbocycles. The highest BCUT2D eigenvalue weighted by molar-refractivity contribution is 7.09. The van der Waals surface area contributed by atoms with Gasteiger partial charge in [-0.15, -0.1) is 0 Å². The molecule has 0 amide bonds. The van der Waals surface area contributed by atoms with Crippen LogP contribution in [0, 0.1) is 0 Å². The van der Waals surface area contributed by atoms with Crippen LogP contribution in [0.2, 0.25) is 0 Å². The number of aryl methyl sites for hydroxylation is 1. The van der Waals surface area contributed by atoms with E-state index in [-0.39, 0.29) is 4.87 Å². The van der Waals surface area contributed by atoms with Crippen LogP contribution >= 0.6 is 11.3 Å². The van der Waals surface area contributed by atoms with Crippen molar-refractivity contribution in [3.05, 3.63) is 32.5 Å². The highest BCUT2D eigenvalue weighted by Crippen LogP contribution is 2.13. The van der Waals surface area contributed by atoms with E-state index in [4.69, 9.17) is 5.73 Å². The minimum Gasteiger partial charge on any atom is -0.405 e. The Bertz CT molecular complexity index is 365. The molecule has 0 radical (unpaired) electrons. The smallest absolute Gasteiger partial charge is 0.304 e. The molecule has 0 saturated carbocycles.